The van der Waals surface area contributed by atoms with Crippen LogP contribution in [0.1, 0.15) is 22.8 Å². The average molecular weight is 396 g/mol. The number of hydrogen-bond acceptors (Lipinski definition) is 5. The minimum absolute atomic E-state index is 0.214. The zero-order valence-corrected chi connectivity index (χ0v) is 16.7. The predicted octanol–water partition coefficient (Wildman–Crippen LogP) is 3.48. The molecule has 1 aliphatic rings. The van der Waals surface area contributed by atoms with Crippen LogP contribution in [0.15, 0.2) is 54.2 Å². The van der Waals surface area contributed by atoms with E-state index < -0.39 is 5.97 Å². The SMILES string of the molecule is CCOc1ccc(N2C(=O)C(=Cc3ccc(C(=O)OC)cc3)N(C)C2=S)cc1. The first kappa shape index (κ1) is 19.6. The van der Waals surface area contributed by atoms with E-state index in [1.54, 1.807) is 54.4 Å². The van der Waals surface area contributed by atoms with Gasteiger partial charge in [0.2, 0.25) is 0 Å². The van der Waals surface area contributed by atoms with E-state index in [9.17, 15) is 9.59 Å². The van der Waals surface area contributed by atoms with Crippen molar-refractivity contribution in [2.45, 2.75) is 6.92 Å². The third-order valence-electron chi connectivity index (χ3n) is 4.30. The third-order valence-corrected chi connectivity index (χ3v) is 4.76. The van der Waals surface area contributed by atoms with Gasteiger partial charge in [0.15, 0.2) is 5.11 Å². The number of esters is 1. The van der Waals surface area contributed by atoms with Gasteiger partial charge in [-0.3, -0.25) is 9.69 Å². The number of hydrogen-bond donors (Lipinski definition) is 0. The molecule has 1 heterocycles. The van der Waals surface area contributed by atoms with Crippen LogP contribution in [-0.2, 0) is 9.53 Å². The molecular formula is C21H20N2O4S. The van der Waals surface area contributed by atoms with Crippen molar-refractivity contribution < 1.29 is 19.1 Å². The van der Waals surface area contributed by atoms with Crippen molar-refractivity contribution in [3.05, 3.63) is 65.4 Å². The summed E-state index contributed by atoms with van der Waals surface area (Å²) in [6, 6.07) is 14.0. The maximum atomic E-state index is 13.0. The number of rotatable bonds is 5. The van der Waals surface area contributed by atoms with Gasteiger partial charge >= 0.3 is 5.97 Å². The Labute approximate surface area is 169 Å². The van der Waals surface area contributed by atoms with E-state index in [4.69, 9.17) is 21.7 Å². The van der Waals surface area contributed by atoms with E-state index in [2.05, 4.69) is 0 Å². The molecule has 0 saturated carbocycles. The number of thiocarbonyl (C=S) groups is 1. The van der Waals surface area contributed by atoms with Crippen LogP contribution >= 0.6 is 12.2 Å². The van der Waals surface area contributed by atoms with E-state index in [1.165, 1.54) is 12.0 Å². The summed E-state index contributed by atoms with van der Waals surface area (Å²) < 4.78 is 10.1. The summed E-state index contributed by atoms with van der Waals surface area (Å²) in [6.07, 6.45) is 1.74. The second-order valence-electron chi connectivity index (χ2n) is 6.05. The fraction of sp³-hybridized carbons (Fsp3) is 0.190. The number of ether oxygens (including phenoxy) is 2. The predicted molar refractivity (Wildman–Crippen MR) is 111 cm³/mol. The molecule has 1 amide bonds. The molecule has 7 heteroatoms. The molecule has 3 rings (SSSR count). The van der Waals surface area contributed by atoms with E-state index in [-0.39, 0.29) is 5.91 Å². The van der Waals surface area contributed by atoms with Crippen LogP contribution in [-0.4, -0.2) is 42.7 Å². The largest absolute Gasteiger partial charge is 0.494 e. The molecule has 1 aliphatic heterocycles. The van der Waals surface area contributed by atoms with Gasteiger partial charge in [-0.25, -0.2) is 4.79 Å². The Hall–Kier alpha value is -3.19. The molecule has 0 aromatic heterocycles. The molecule has 0 aliphatic carbocycles. The quantitative estimate of drug-likeness (QED) is 0.438. The van der Waals surface area contributed by atoms with Gasteiger partial charge < -0.3 is 14.4 Å². The lowest BCUT2D eigenvalue weighted by Crippen LogP contribution is -2.31. The molecule has 0 unspecified atom stereocenters. The van der Waals surface area contributed by atoms with Gasteiger partial charge in [0.25, 0.3) is 5.91 Å². The number of anilines is 1. The monoisotopic (exact) mass is 396 g/mol. The summed E-state index contributed by atoms with van der Waals surface area (Å²) in [6.45, 7) is 2.49. The maximum absolute atomic E-state index is 13.0. The molecule has 1 fully saturated rings. The van der Waals surface area contributed by atoms with Crippen LogP contribution < -0.4 is 9.64 Å². The third kappa shape index (κ3) is 3.75. The topological polar surface area (TPSA) is 59.1 Å². The number of carbonyl (C=O) groups excluding carboxylic acids is 2. The molecule has 0 radical (unpaired) electrons. The Kier molecular flexibility index (Phi) is 5.75. The number of benzene rings is 2. The average Bonchev–Trinajstić information content (AvgIpc) is 2.92. The molecule has 0 N–H and O–H groups in total. The Morgan fingerprint density at radius 3 is 2.32 bits per heavy atom. The van der Waals surface area contributed by atoms with Crippen LogP contribution in [0.4, 0.5) is 5.69 Å². The molecule has 0 spiro atoms. The molecular weight excluding hydrogens is 376 g/mol. The lowest BCUT2D eigenvalue weighted by molar-refractivity contribution is -0.114. The summed E-state index contributed by atoms with van der Waals surface area (Å²) in [4.78, 5) is 27.7. The second-order valence-corrected chi connectivity index (χ2v) is 6.42. The Bertz CT molecular complexity index is 936. The maximum Gasteiger partial charge on any atom is 0.337 e. The van der Waals surface area contributed by atoms with Gasteiger partial charge in [-0.05, 0) is 67.2 Å². The molecule has 0 atom stereocenters. The van der Waals surface area contributed by atoms with Crippen molar-refractivity contribution in [1.82, 2.24) is 4.90 Å². The van der Waals surface area contributed by atoms with Crippen molar-refractivity contribution in [3.63, 3.8) is 0 Å². The van der Waals surface area contributed by atoms with Crippen molar-refractivity contribution in [1.29, 1.82) is 0 Å². The van der Waals surface area contributed by atoms with Gasteiger partial charge in [-0.2, -0.15) is 0 Å². The molecule has 6 nitrogen and oxygen atoms in total. The smallest absolute Gasteiger partial charge is 0.337 e. The van der Waals surface area contributed by atoms with E-state index in [0.717, 1.165) is 11.3 Å². The first-order valence-electron chi connectivity index (χ1n) is 8.71. The number of methoxy groups -OCH3 is 1. The normalized spacial score (nSPS) is 15.3. The summed E-state index contributed by atoms with van der Waals surface area (Å²) in [5.41, 5.74) is 2.35. The van der Waals surface area contributed by atoms with Gasteiger partial charge in [0, 0.05) is 7.05 Å². The Morgan fingerprint density at radius 2 is 1.75 bits per heavy atom. The van der Waals surface area contributed by atoms with Crippen LogP contribution in [0.25, 0.3) is 6.08 Å². The zero-order valence-electron chi connectivity index (χ0n) is 15.8. The molecule has 144 valence electrons. The van der Waals surface area contributed by atoms with Crippen molar-refractivity contribution in [3.8, 4) is 5.75 Å². The highest BCUT2D eigenvalue weighted by Crippen LogP contribution is 2.29. The molecule has 28 heavy (non-hydrogen) atoms. The summed E-state index contributed by atoms with van der Waals surface area (Å²) in [5, 5.41) is 0.395. The van der Waals surface area contributed by atoms with Gasteiger partial charge in [-0.15, -0.1) is 0 Å². The number of carbonyl (C=O) groups is 2. The molecule has 0 bridgehead atoms. The first-order valence-corrected chi connectivity index (χ1v) is 9.12. The Balaban J connectivity index is 1.87. The first-order chi connectivity index (χ1) is 13.5. The minimum Gasteiger partial charge on any atom is -0.494 e. The van der Waals surface area contributed by atoms with E-state index in [0.29, 0.717) is 28.7 Å². The van der Waals surface area contributed by atoms with Gasteiger partial charge in [-0.1, -0.05) is 12.1 Å². The molecule has 2 aromatic rings. The van der Waals surface area contributed by atoms with Crippen LogP contribution in [0.3, 0.4) is 0 Å². The van der Waals surface area contributed by atoms with Gasteiger partial charge in [0.1, 0.15) is 11.4 Å². The van der Waals surface area contributed by atoms with Crippen molar-refractivity contribution >= 4 is 41.0 Å². The van der Waals surface area contributed by atoms with Crippen LogP contribution in [0.2, 0.25) is 0 Å². The van der Waals surface area contributed by atoms with Crippen LogP contribution in [0.5, 0.6) is 5.75 Å². The Morgan fingerprint density at radius 1 is 1.11 bits per heavy atom. The standard InChI is InChI=1S/C21H20N2O4S/c1-4-27-17-11-9-16(10-12-17)23-19(24)18(22(2)21(23)28)13-14-5-7-15(8-6-14)20(25)26-3/h5-13H,4H2,1-3H3. The van der Waals surface area contributed by atoms with Crippen LogP contribution in [0, 0.1) is 0 Å². The van der Waals surface area contributed by atoms with Crippen molar-refractivity contribution in [2.75, 3.05) is 25.7 Å². The number of likely N-dealkylation sites (N-methyl/N-ethyl adjacent to an activating group) is 1. The highest BCUT2D eigenvalue weighted by molar-refractivity contribution is 7.80. The summed E-state index contributed by atoms with van der Waals surface area (Å²) >= 11 is 5.47. The number of nitrogens with zero attached hydrogens (tertiary/aromatic N) is 2. The van der Waals surface area contributed by atoms with E-state index in [1.807, 2.05) is 19.1 Å². The highest BCUT2D eigenvalue weighted by atomic mass is 32.1. The molecule has 1 saturated heterocycles. The lowest BCUT2D eigenvalue weighted by Gasteiger charge is -2.16. The zero-order chi connectivity index (χ0) is 20.3. The second kappa shape index (κ2) is 8.22. The fourth-order valence-electron chi connectivity index (χ4n) is 2.83. The fourth-order valence-corrected chi connectivity index (χ4v) is 3.12. The summed E-state index contributed by atoms with van der Waals surface area (Å²) in [7, 11) is 3.09. The minimum atomic E-state index is -0.406. The van der Waals surface area contributed by atoms with E-state index >= 15 is 0 Å². The summed E-state index contributed by atoms with van der Waals surface area (Å²) in [5.74, 6) is 0.114. The number of amides is 1. The lowest BCUT2D eigenvalue weighted by atomic mass is 10.1. The van der Waals surface area contributed by atoms with Crippen molar-refractivity contribution in [2.24, 2.45) is 0 Å². The van der Waals surface area contributed by atoms with Gasteiger partial charge in [0.05, 0.1) is 25.0 Å². The molecule has 2 aromatic carbocycles. The highest BCUT2D eigenvalue weighted by Gasteiger charge is 2.36.